The number of amides is 1. The largest absolute Gasteiger partial charge is 0.368 e. The molecule has 3 N–H and O–H groups in total. The molecule has 7 heteroatoms. The molecule has 0 unspecified atom stereocenters. The van der Waals surface area contributed by atoms with Crippen molar-refractivity contribution in [1.82, 2.24) is 19.9 Å². The first kappa shape index (κ1) is 19.6. The highest BCUT2D eigenvalue weighted by molar-refractivity contribution is 5.95. The van der Waals surface area contributed by atoms with Crippen LogP contribution in [0.15, 0.2) is 60.9 Å². The van der Waals surface area contributed by atoms with Gasteiger partial charge in [-0.15, -0.1) is 0 Å². The summed E-state index contributed by atoms with van der Waals surface area (Å²) in [5.74, 6) is 1.01. The van der Waals surface area contributed by atoms with Crippen LogP contribution in [0.5, 0.6) is 0 Å². The van der Waals surface area contributed by atoms with Crippen LogP contribution in [-0.2, 0) is 4.79 Å². The van der Waals surface area contributed by atoms with Crippen molar-refractivity contribution in [2.45, 2.75) is 26.3 Å². The number of hydrogen-bond acceptors (Lipinski definition) is 5. The molecule has 1 aliphatic heterocycles. The summed E-state index contributed by atoms with van der Waals surface area (Å²) in [5.41, 5.74) is 9.30. The van der Waals surface area contributed by atoms with Gasteiger partial charge in [0.25, 0.3) is 0 Å². The maximum Gasteiger partial charge on any atom is 0.240 e. The van der Waals surface area contributed by atoms with Crippen molar-refractivity contribution in [1.29, 1.82) is 0 Å². The van der Waals surface area contributed by atoms with Crippen molar-refractivity contribution in [3.05, 3.63) is 60.9 Å². The van der Waals surface area contributed by atoms with Crippen molar-refractivity contribution in [3.8, 4) is 22.6 Å². The number of aromatic nitrogens is 4. The molecule has 152 valence electrons. The number of hydrogen-bond donors (Lipinski definition) is 2. The Morgan fingerprint density at radius 1 is 1.07 bits per heavy atom. The summed E-state index contributed by atoms with van der Waals surface area (Å²) in [7, 11) is 0. The minimum absolute atomic E-state index is 0. The molecule has 0 radical (unpaired) electrons. The molecule has 0 saturated carbocycles. The van der Waals surface area contributed by atoms with E-state index < -0.39 is 0 Å². The van der Waals surface area contributed by atoms with Crippen LogP contribution in [0.2, 0.25) is 0 Å². The molecule has 4 aromatic rings. The molecule has 30 heavy (non-hydrogen) atoms. The molecule has 1 fully saturated rings. The maximum atomic E-state index is 12.0. The first-order valence-corrected chi connectivity index (χ1v) is 9.63. The van der Waals surface area contributed by atoms with Crippen LogP contribution in [0, 0.1) is 0 Å². The lowest BCUT2D eigenvalue weighted by molar-refractivity contribution is -0.119. The smallest absolute Gasteiger partial charge is 0.240 e. The predicted molar refractivity (Wildman–Crippen MR) is 119 cm³/mol. The lowest BCUT2D eigenvalue weighted by Crippen LogP contribution is -2.40. The number of pyridine rings is 1. The predicted octanol–water partition coefficient (Wildman–Crippen LogP) is 3.78. The van der Waals surface area contributed by atoms with Gasteiger partial charge < -0.3 is 15.6 Å². The summed E-state index contributed by atoms with van der Waals surface area (Å²) in [5, 5.41) is 0.884. The molecule has 0 spiro atoms. The fourth-order valence-corrected chi connectivity index (χ4v) is 3.93. The van der Waals surface area contributed by atoms with Crippen molar-refractivity contribution in [2.24, 2.45) is 5.73 Å². The molecular formula is C23H24N6O. The third-order valence-electron chi connectivity index (χ3n) is 5.34. The average molecular weight is 400 g/mol. The standard InChI is InChI=1S/C22H20N6O.CH4/c23-19(29)18-7-4-12-28(18)22-16-13-17(14-5-2-1-3-6-14)25-21(16)26-20(27-22)15-8-10-24-11-9-15;/h1-3,5-6,8-11,13,18H,4,7,12H2,(H2,23,29)(H,25,26,27);1H4/t18-;/m1./s1. The number of carbonyl (C=O) groups excluding carboxylic acids is 1. The number of H-pyrrole nitrogens is 1. The van der Waals surface area contributed by atoms with Crippen LogP contribution in [0.25, 0.3) is 33.7 Å². The topological polar surface area (TPSA) is 101 Å². The number of nitrogens with two attached hydrogens (primary N) is 1. The van der Waals surface area contributed by atoms with Crippen LogP contribution >= 0.6 is 0 Å². The Labute approximate surface area is 175 Å². The summed E-state index contributed by atoms with van der Waals surface area (Å²) in [6, 6.07) is 15.5. The quantitative estimate of drug-likeness (QED) is 0.543. The van der Waals surface area contributed by atoms with Crippen molar-refractivity contribution in [2.75, 3.05) is 11.4 Å². The lowest BCUT2D eigenvalue weighted by Gasteiger charge is -2.24. The highest BCUT2D eigenvalue weighted by atomic mass is 16.1. The van der Waals surface area contributed by atoms with Gasteiger partial charge in [0, 0.05) is 30.2 Å². The van der Waals surface area contributed by atoms with E-state index in [0.29, 0.717) is 5.82 Å². The second kappa shape index (κ2) is 7.94. The number of carbonyl (C=O) groups is 1. The molecule has 1 atom stereocenters. The van der Waals surface area contributed by atoms with Gasteiger partial charge in [0.05, 0.1) is 5.39 Å². The molecule has 7 nitrogen and oxygen atoms in total. The Morgan fingerprint density at radius 2 is 1.83 bits per heavy atom. The van der Waals surface area contributed by atoms with Crippen LogP contribution in [0.3, 0.4) is 0 Å². The summed E-state index contributed by atoms with van der Waals surface area (Å²) < 4.78 is 0. The van der Waals surface area contributed by atoms with E-state index in [-0.39, 0.29) is 19.4 Å². The summed E-state index contributed by atoms with van der Waals surface area (Å²) >= 11 is 0. The van der Waals surface area contributed by atoms with Gasteiger partial charge in [0.2, 0.25) is 5.91 Å². The minimum Gasteiger partial charge on any atom is -0.368 e. The van der Waals surface area contributed by atoms with Crippen LogP contribution in [-0.4, -0.2) is 38.4 Å². The Bertz CT molecular complexity index is 1170. The van der Waals surface area contributed by atoms with Crippen molar-refractivity contribution < 1.29 is 4.79 Å². The highest BCUT2D eigenvalue weighted by Crippen LogP contribution is 2.34. The van der Waals surface area contributed by atoms with E-state index in [0.717, 1.165) is 53.1 Å². The van der Waals surface area contributed by atoms with E-state index in [1.165, 1.54) is 0 Å². The lowest BCUT2D eigenvalue weighted by atomic mass is 10.1. The number of aromatic amines is 1. The second-order valence-corrected chi connectivity index (χ2v) is 7.17. The Morgan fingerprint density at radius 3 is 2.57 bits per heavy atom. The van der Waals surface area contributed by atoms with Crippen molar-refractivity contribution >= 4 is 22.8 Å². The van der Waals surface area contributed by atoms with Gasteiger partial charge in [0.15, 0.2) is 5.82 Å². The number of primary amides is 1. The number of fused-ring (bicyclic) bond motifs is 1. The zero-order valence-electron chi connectivity index (χ0n) is 15.7. The second-order valence-electron chi connectivity index (χ2n) is 7.17. The molecular weight excluding hydrogens is 376 g/mol. The van der Waals surface area contributed by atoms with Crippen molar-refractivity contribution in [3.63, 3.8) is 0 Å². The third kappa shape index (κ3) is 3.39. The Balaban J connectivity index is 0.00000218. The van der Waals surface area contributed by atoms with Gasteiger partial charge in [-0.25, -0.2) is 9.97 Å². The normalized spacial score (nSPS) is 15.9. The molecule has 5 rings (SSSR count). The molecule has 0 aliphatic carbocycles. The highest BCUT2D eigenvalue weighted by Gasteiger charge is 2.32. The third-order valence-corrected chi connectivity index (χ3v) is 5.34. The number of anilines is 1. The number of nitrogens with one attached hydrogen (secondary N) is 1. The van der Waals surface area contributed by atoms with Gasteiger partial charge in [-0.2, -0.15) is 0 Å². The number of benzene rings is 1. The van der Waals surface area contributed by atoms with Crippen LogP contribution in [0.4, 0.5) is 5.82 Å². The molecule has 1 amide bonds. The molecule has 4 heterocycles. The Kier molecular flexibility index (Phi) is 5.18. The first-order chi connectivity index (χ1) is 14.2. The Hall–Kier alpha value is -3.74. The van der Waals surface area contributed by atoms with Gasteiger partial charge in [-0.3, -0.25) is 9.78 Å². The summed E-state index contributed by atoms with van der Waals surface area (Å²) in [6.45, 7) is 0.737. The minimum atomic E-state index is -0.353. The van der Waals surface area contributed by atoms with Gasteiger partial charge in [0.1, 0.15) is 17.5 Å². The fraction of sp³-hybridized carbons (Fsp3) is 0.217. The zero-order chi connectivity index (χ0) is 19.8. The van der Waals surface area contributed by atoms with E-state index in [4.69, 9.17) is 15.7 Å². The van der Waals surface area contributed by atoms with Crippen LogP contribution in [0.1, 0.15) is 20.3 Å². The number of nitrogens with zero attached hydrogens (tertiary/aromatic N) is 4. The summed E-state index contributed by atoms with van der Waals surface area (Å²) in [4.78, 5) is 31.1. The molecule has 1 aromatic carbocycles. The zero-order valence-corrected chi connectivity index (χ0v) is 15.7. The first-order valence-electron chi connectivity index (χ1n) is 9.63. The SMILES string of the molecule is C.NC(=O)[C@H]1CCCN1c1nc(-c2ccncc2)nc2[nH]c(-c3ccccc3)cc12. The van der Waals surface area contributed by atoms with E-state index in [1.807, 2.05) is 53.4 Å². The van der Waals surface area contributed by atoms with Gasteiger partial charge >= 0.3 is 0 Å². The fourth-order valence-electron chi connectivity index (χ4n) is 3.93. The molecule has 1 saturated heterocycles. The maximum absolute atomic E-state index is 12.0. The van der Waals surface area contributed by atoms with Gasteiger partial charge in [-0.05, 0) is 36.6 Å². The van der Waals surface area contributed by atoms with E-state index in [9.17, 15) is 4.79 Å². The average Bonchev–Trinajstić information content (AvgIpc) is 3.41. The van der Waals surface area contributed by atoms with E-state index in [1.54, 1.807) is 12.4 Å². The van der Waals surface area contributed by atoms with Gasteiger partial charge in [-0.1, -0.05) is 37.8 Å². The number of rotatable bonds is 4. The van der Waals surface area contributed by atoms with Crippen LogP contribution < -0.4 is 10.6 Å². The summed E-state index contributed by atoms with van der Waals surface area (Å²) in [6.07, 6.45) is 5.07. The molecule has 3 aromatic heterocycles. The monoisotopic (exact) mass is 400 g/mol. The van der Waals surface area contributed by atoms with E-state index in [2.05, 4.69) is 9.97 Å². The van der Waals surface area contributed by atoms with E-state index >= 15 is 0 Å². The molecule has 1 aliphatic rings. The molecule has 0 bridgehead atoms.